The largest absolute Gasteiger partial charge is 0.438 e. The van der Waals surface area contributed by atoms with Crippen LogP contribution in [0.2, 0.25) is 0 Å². The zero-order chi connectivity index (χ0) is 12.4. The highest BCUT2D eigenvalue weighted by atomic mass is 16.5. The second-order valence-electron chi connectivity index (χ2n) is 4.06. The van der Waals surface area contributed by atoms with Gasteiger partial charge in [0.25, 0.3) is 0 Å². The summed E-state index contributed by atoms with van der Waals surface area (Å²) in [6.45, 7) is 3.82. The minimum atomic E-state index is -0.0667. The first-order valence-electron chi connectivity index (χ1n) is 5.46. The number of rotatable bonds is 3. The highest BCUT2D eigenvalue weighted by Gasteiger charge is 2.06. The minimum absolute atomic E-state index is 0.0667. The van der Waals surface area contributed by atoms with Crippen molar-refractivity contribution in [2.45, 2.75) is 19.9 Å². The second-order valence-corrected chi connectivity index (χ2v) is 4.06. The van der Waals surface area contributed by atoms with Crippen LogP contribution < -0.4 is 10.5 Å². The van der Waals surface area contributed by atoms with Gasteiger partial charge in [0.15, 0.2) is 0 Å². The number of pyridine rings is 1. The number of ether oxygens (including phenoxy) is 1. The van der Waals surface area contributed by atoms with Crippen molar-refractivity contribution in [3.8, 4) is 11.6 Å². The summed E-state index contributed by atoms with van der Waals surface area (Å²) in [6, 6.07) is 5.53. The summed E-state index contributed by atoms with van der Waals surface area (Å²) in [5, 5.41) is 4.20. The fourth-order valence-corrected chi connectivity index (χ4v) is 1.52. The second kappa shape index (κ2) is 4.55. The van der Waals surface area contributed by atoms with Gasteiger partial charge in [0.2, 0.25) is 5.88 Å². The van der Waals surface area contributed by atoms with Gasteiger partial charge in [-0.1, -0.05) is 0 Å². The number of nitrogens with zero attached hydrogens (tertiary/aromatic N) is 3. The highest BCUT2D eigenvalue weighted by Crippen LogP contribution is 2.21. The minimum Gasteiger partial charge on any atom is -0.438 e. The molecular weight excluding hydrogens is 216 g/mol. The smallest absolute Gasteiger partial charge is 0.217 e. The lowest BCUT2D eigenvalue weighted by atomic mass is 10.2. The van der Waals surface area contributed by atoms with E-state index in [1.54, 1.807) is 10.9 Å². The Hall–Kier alpha value is -1.88. The predicted molar refractivity (Wildman–Crippen MR) is 64.9 cm³/mol. The first-order valence-corrected chi connectivity index (χ1v) is 5.46. The van der Waals surface area contributed by atoms with Crippen LogP contribution >= 0.6 is 0 Å². The van der Waals surface area contributed by atoms with E-state index >= 15 is 0 Å². The average molecular weight is 232 g/mol. The van der Waals surface area contributed by atoms with E-state index in [1.165, 1.54) is 0 Å². The fourth-order valence-electron chi connectivity index (χ4n) is 1.52. The molecule has 0 saturated carbocycles. The Morgan fingerprint density at radius 2 is 2.18 bits per heavy atom. The van der Waals surface area contributed by atoms with Crippen molar-refractivity contribution in [3.05, 3.63) is 35.8 Å². The fraction of sp³-hybridized carbons (Fsp3) is 0.333. The summed E-state index contributed by atoms with van der Waals surface area (Å²) in [5.41, 5.74) is 7.49. The van der Waals surface area contributed by atoms with Crippen LogP contribution in [-0.4, -0.2) is 14.8 Å². The van der Waals surface area contributed by atoms with E-state index in [0.29, 0.717) is 11.6 Å². The average Bonchev–Trinajstić information content (AvgIpc) is 2.58. The van der Waals surface area contributed by atoms with Gasteiger partial charge >= 0.3 is 0 Å². The van der Waals surface area contributed by atoms with Gasteiger partial charge in [-0.15, -0.1) is 0 Å². The summed E-state index contributed by atoms with van der Waals surface area (Å²) in [7, 11) is 1.84. The molecule has 2 aromatic rings. The molecular formula is C12H16N4O. The van der Waals surface area contributed by atoms with Crippen molar-refractivity contribution in [2.75, 3.05) is 0 Å². The molecule has 0 saturated heterocycles. The summed E-state index contributed by atoms with van der Waals surface area (Å²) < 4.78 is 7.35. The molecule has 0 aromatic carbocycles. The van der Waals surface area contributed by atoms with E-state index in [9.17, 15) is 0 Å². The molecule has 2 rings (SSSR count). The van der Waals surface area contributed by atoms with Gasteiger partial charge in [-0.2, -0.15) is 5.10 Å². The molecule has 0 aliphatic carbocycles. The highest BCUT2D eigenvalue weighted by molar-refractivity contribution is 5.27. The van der Waals surface area contributed by atoms with Crippen molar-refractivity contribution in [1.82, 2.24) is 14.8 Å². The van der Waals surface area contributed by atoms with E-state index in [-0.39, 0.29) is 6.04 Å². The van der Waals surface area contributed by atoms with Crippen LogP contribution in [0.3, 0.4) is 0 Å². The van der Waals surface area contributed by atoms with E-state index in [0.717, 1.165) is 11.4 Å². The monoisotopic (exact) mass is 232 g/mol. The molecule has 0 aliphatic rings. The van der Waals surface area contributed by atoms with Crippen molar-refractivity contribution < 1.29 is 4.74 Å². The molecule has 0 bridgehead atoms. The Morgan fingerprint density at radius 3 is 2.65 bits per heavy atom. The van der Waals surface area contributed by atoms with Gasteiger partial charge in [0, 0.05) is 19.2 Å². The third-order valence-corrected chi connectivity index (χ3v) is 2.41. The standard InChI is InChI=1S/C12H16N4O/c1-8-6-12(16(3)15-8)17-10-4-5-11(9(2)13)14-7-10/h4-7,9H,13H2,1-3H3. The van der Waals surface area contributed by atoms with Crippen LogP contribution in [-0.2, 0) is 7.05 Å². The van der Waals surface area contributed by atoms with Crippen molar-refractivity contribution in [2.24, 2.45) is 12.8 Å². The van der Waals surface area contributed by atoms with Crippen LogP contribution in [0.4, 0.5) is 0 Å². The van der Waals surface area contributed by atoms with Crippen LogP contribution in [0.1, 0.15) is 24.4 Å². The molecule has 5 heteroatoms. The predicted octanol–water partition coefficient (Wildman–Crippen LogP) is 1.94. The van der Waals surface area contributed by atoms with E-state index in [2.05, 4.69) is 10.1 Å². The Bertz CT molecular complexity index is 502. The first kappa shape index (κ1) is 11.6. The summed E-state index contributed by atoms with van der Waals surface area (Å²) >= 11 is 0. The number of aryl methyl sites for hydroxylation is 2. The molecule has 2 N–H and O–H groups in total. The van der Waals surface area contributed by atoms with Gasteiger partial charge in [-0.3, -0.25) is 4.98 Å². The van der Waals surface area contributed by atoms with Gasteiger partial charge in [-0.25, -0.2) is 4.68 Å². The lowest BCUT2D eigenvalue weighted by molar-refractivity contribution is 0.428. The van der Waals surface area contributed by atoms with E-state index in [1.807, 2.05) is 39.1 Å². The van der Waals surface area contributed by atoms with Gasteiger partial charge in [-0.05, 0) is 26.0 Å². The summed E-state index contributed by atoms with van der Waals surface area (Å²) in [5.74, 6) is 1.37. The van der Waals surface area contributed by atoms with Crippen LogP contribution in [0.25, 0.3) is 0 Å². The molecule has 1 atom stereocenters. The molecule has 0 fully saturated rings. The summed E-state index contributed by atoms with van der Waals surface area (Å²) in [6.07, 6.45) is 1.67. The first-order chi connectivity index (χ1) is 8.06. The van der Waals surface area contributed by atoms with E-state index in [4.69, 9.17) is 10.5 Å². The molecule has 0 radical (unpaired) electrons. The Labute approximate surface area is 100 Å². The van der Waals surface area contributed by atoms with Gasteiger partial charge < -0.3 is 10.5 Å². The van der Waals surface area contributed by atoms with Crippen LogP contribution in [0.15, 0.2) is 24.4 Å². The topological polar surface area (TPSA) is 66.0 Å². The zero-order valence-electron chi connectivity index (χ0n) is 10.2. The van der Waals surface area contributed by atoms with Crippen molar-refractivity contribution >= 4 is 0 Å². The maximum absolute atomic E-state index is 5.73. The Morgan fingerprint density at radius 1 is 1.41 bits per heavy atom. The normalized spacial score (nSPS) is 12.5. The molecule has 0 aliphatic heterocycles. The molecule has 1 unspecified atom stereocenters. The van der Waals surface area contributed by atoms with E-state index < -0.39 is 0 Å². The molecule has 0 spiro atoms. The van der Waals surface area contributed by atoms with Gasteiger partial charge in [0.05, 0.1) is 17.6 Å². The van der Waals surface area contributed by atoms with Gasteiger partial charge in [0.1, 0.15) is 5.75 Å². The zero-order valence-corrected chi connectivity index (χ0v) is 10.2. The molecule has 2 aromatic heterocycles. The van der Waals surface area contributed by atoms with Crippen molar-refractivity contribution in [3.63, 3.8) is 0 Å². The molecule has 0 amide bonds. The lowest BCUT2D eigenvalue weighted by Crippen LogP contribution is -2.06. The quantitative estimate of drug-likeness (QED) is 0.878. The maximum atomic E-state index is 5.73. The number of hydrogen-bond acceptors (Lipinski definition) is 4. The Balaban J connectivity index is 2.16. The molecule has 5 nitrogen and oxygen atoms in total. The number of aromatic nitrogens is 3. The third-order valence-electron chi connectivity index (χ3n) is 2.41. The summed E-state index contributed by atoms with van der Waals surface area (Å²) in [4.78, 5) is 4.23. The third kappa shape index (κ3) is 2.62. The number of nitrogens with two attached hydrogens (primary N) is 1. The van der Waals surface area contributed by atoms with Crippen molar-refractivity contribution in [1.29, 1.82) is 0 Å². The van der Waals surface area contributed by atoms with Crippen LogP contribution in [0, 0.1) is 6.92 Å². The Kier molecular flexibility index (Phi) is 3.10. The number of hydrogen-bond donors (Lipinski definition) is 1. The van der Waals surface area contributed by atoms with Crippen LogP contribution in [0.5, 0.6) is 11.6 Å². The molecule has 2 heterocycles. The molecule has 17 heavy (non-hydrogen) atoms. The molecule has 90 valence electrons. The maximum Gasteiger partial charge on any atom is 0.217 e. The SMILES string of the molecule is Cc1cc(Oc2ccc(C(C)N)nc2)n(C)n1. The lowest BCUT2D eigenvalue weighted by Gasteiger charge is -2.07.